The number of ether oxygens (including phenoxy) is 2. The highest BCUT2D eigenvalue weighted by Crippen LogP contribution is 2.41. The Hall–Kier alpha value is -2.97. The molecule has 2 aromatic rings. The Bertz CT molecular complexity index is 938. The highest BCUT2D eigenvalue weighted by atomic mass is 79.9. The highest BCUT2D eigenvalue weighted by Gasteiger charge is 2.21. The molecule has 1 aromatic heterocycles. The zero-order valence-electron chi connectivity index (χ0n) is 12.9. The minimum atomic E-state index is -0.659. The van der Waals surface area contributed by atoms with Crippen LogP contribution in [0.4, 0.5) is 5.82 Å². The molecule has 3 N–H and O–H groups in total. The first-order chi connectivity index (χ1) is 11.5. The summed E-state index contributed by atoms with van der Waals surface area (Å²) in [5, 5.41) is 18.7. The lowest BCUT2D eigenvalue weighted by Gasteiger charge is -2.15. The molecule has 0 bridgehead atoms. The minimum absolute atomic E-state index is 0.0178. The third kappa shape index (κ3) is 2.92. The molecular formula is C16H13BrN4O3. The average molecular weight is 389 g/mol. The standard InChI is InChI=1S/C16H13BrN4O3/c1-3-24-14-11(17)4-8(5-12(14)23-2)13-9(6-18)15(20)21-16(22)10(13)7-19/h4-5H,3H2,1-2H3,(H3,20,21,22). The van der Waals surface area contributed by atoms with Crippen molar-refractivity contribution in [1.29, 1.82) is 10.5 Å². The number of nitrogen functional groups attached to an aromatic ring is 1. The fraction of sp³-hybridized carbons (Fsp3) is 0.188. The van der Waals surface area contributed by atoms with Crippen molar-refractivity contribution >= 4 is 21.7 Å². The zero-order chi connectivity index (χ0) is 17.9. The Kier molecular flexibility index (Phi) is 5.12. The Balaban J connectivity index is 2.88. The monoisotopic (exact) mass is 388 g/mol. The van der Waals surface area contributed by atoms with Crippen molar-refractivity contribution in [1.82, 2.24) is 4.98 Å². The number of nitrogens with two attached hydrogens (primary N) is 1. The van der Waals surface area contributed by atoms with Crippen LogP contribution in [-0.2, 0) is 0 Å². The average Bonchev–Trinajstić information content (AvgIpc) is 2.56. The van der Waals surface area contributed by atoms with Crippen LogP contribution in [0.15, 0.2) is 21.4 Å². The number of nitriles is 2. The maximum atomic E-state index is 12.0. The van der Waals surface area contributed by atoms with Gasteiger partial charge in [-0.2, -0.15) is 10.5 Å². The van der Waals surface area contributed by atoms with Gasteiger partial charge < -0.3 is 20.2 Å². The summed E-state index contributed by atoms with van der Waals surface area (Å²) < 4.78 is 11.4. The van der Waals surface area contributed by atoms with Gasteiger partial charge in [-0.3, -0.25) is 4.79 Å². The maximum absolute atomic E-state index is 12.0. The first kappa shape index (κ1) is 17.4. The van der Waals surface area contributed by atoms with Gasteiger partial charge in [0.2, 0.25) is 0 Å². The molecule has 0 aliphatic rings. The van der Waals surface area contributed by atoms with E-state index in [1.165, 1.54) is 7.11 Å². The van der Waals surface area contributed by atoms with Crippen LogP contribution >= 0.6 is 15.9 Å². The molecule has 2 rings (SSSR count). The number of hydrogen-bond donors (Lipinski definition) is 2. The number of H-pyrrole nitrogens is 1. The van der Waals surface area contributed by atoms with Crippen LogP contribution in [-0.4, -0.2) is 18.7 Å². The van der Waals surface area contributed by atoms with Crippen molar-refractivity contribution in [2.75, 3.05) is 19.5 Å². The van der Waals surface area contributed by atoms with Crippen molar-refractivity contribution in [3.05, 3.63) is 38.1 Å². The van der Waals surface area contributed by atoms with E-state index in [0.29, 0.717) is 28.1 Å². The Labute approximate surface area is 146 Å². The normalized spacial score (nSPS) is 9.88. The minimum Gasteiger partial charge on any atom is -0.493 e. The number of methoxy groups -OCH3 is 1. The third-order valence-electron chi connectivity index (χ3n) is 3.27. The first-order valence-corrected chi connectivity index (χ1v) is 7.64. The summed E-state index contributed by atoms with van der Waals surface area (Å²) in [6.07, 6.45) is 0. The lowest BCUT2D eigenvalue weighted by molar-refractivity contribution is 0.309. The predicted molar refractivity (Wildman–Crippen MR) is 91.8 cm³/mol. The molecule has 7 nitrogen and oxygen atoms in total. The van der Waals surface area contributed by atoms with E-state index >= 15 is 0 Å². The van der Waals surface area contributed by atoms with Gasteiger partial charge in [-0.15, -0.1) is 0 Å². The second kappa shape index (κ2) is 7.07. The summed E-state index contributed by atoms with van der Waals surface area (Å²) in [7, 11) is 1.47. The Morgan fingerprint density at radius 1 is 1.29 bits per heavy atom. The van der Waals surface area contributed by atoms with Gasteiger partial charge >= 0.3 is 0 Å². The van der Waals surface area contributed by atoms with Crippen LogP contribution in [0.1, 0.15) is 18.1 Å². The van der Waals surface area contributed by atoms with Gasteiger partial charge in [0.25, 0.3) is 5.56 Å². The van der Waals surface area contributed by atoms with E-state index < -0.39 is 5.56 Å². The van der Waals surface area contributed by atoms with Crippen molar-refractivity contribution < 1.29 is 9.47 Å². The molecule has 1 heterocycles. The molecule has 0 unspecified atom stereocenters. The van der Waals surface area contributed by atoms with Gasteiger partial charge in [0, 0.05) is 5.56 Å². The summed E-state index contributed by atoms with van der Waals surface area (Å²) >= 11 is 3.38. The number of halogens is 1. The number of nitrogens with one attached hydrogen (secondary N) is 1. The second-order valence-corrected chi connectivity index (χ2v) is 5.49. The number of pyridine rings is 1. The smallest absolute Gasteiger partial charge is 0.268 e. The summed E-state index contributed by atoms with van der Waals surface area (Å²) in [6, 6.07) is 6.98. The molecule has 0 spiro atoms. The van der Waals surface area contributed by atoms with Gasteiger partial charge in [-0.1, -0.05) is 0 Å². The van der Waals surface area contributed by atoms with Crippen molar-refractivity contribution in [2.45, 2.75) is 6.92 Å². The lowest BCUT2D eigenvalue weighted by Crippen LogP contribution is -2.16. The predicted octanol–water partition coefficient (Wildman–Crippen LogP) is 2.54. The topological polar surface area (TPSA) is 125 Å². The molecule has 0 saturated carbocycles. The molecule has 0 atom stereocenters. The van der Waals surface area contributed by atoms with Crippen molar-refractivity contribution in [3.8, 4) is 34.8 Å². The highest BCUT2D eigenvalue weighted by molar-refractivity contribution is 9.10. The zero-order valence-corrected chi connectivity index (χ0v) is 14.5. The number of aromatic amines is 1. The first-order valence-electron chi connectivity index (χ1n) is 6.85. The molecule has 0 radical (unpaired) electrons. The van der Waals surface area contributed by atoms with Crippen molar-refractivity contribution in [3.63, 3.8) is 0 Å². The molecule has 0 aliphatic heterocycles. The molecule has 8 heteroatoms. The molecule has 24 heavy (non-hydrogen) atoms. The summed E-state index contributed by atoms with van der Waals surface area (Å²) in [5.41, 5.74) is 5.48. The molecule has 0 amide bonds. The number of anilines is 1. The molecule has 0 saturated heterocycles. The van der Waals surface area contributed by atoms with E-state index in [0.717, 1.165) is 0 Å². The lowest BCUT2D eigenvalue weighted by atomic mass is 9.96. The van der Waals surface area contributed by atoms with Crippen molar-refractivity contribution in [2.24, 2.45) is 0 Å². The van der Waals surface area contributed by atoms with Crippen LogP contribution in [0.2, 0.25) is 0 Å². The van der Waals surface area contributed by atoms with E-state index in [2.05, 4.69) is 20.9 Å². The molecule has 1 aromatic carbocycles. The summed E-state index contributed by atoms with van der Waals surface area (Å²) in [6.45, 7) is 2.26. The molecular weight excluding hydrogens is 376 g/mol. The number of aromatic nitrogens is 1. The Morgan fingerprint density at radius 3 is 2.50 bits per heavy atom. The van der Waals surface area contributed by atoms with Gasteiger partial charge in [0.15, 0.2) is 11.5 Å². The number of nitrogens with zero attached hydrogens (tertiary/aromatic N) is 2. The van der Waals surface area contributed by atoms with E-state index in [9.17, 15) is 15.3 Å². The van der Waals surface area contributed by atoms with Crippen LogP contribution in [0, 0.1) is 22.7 Å². The van der Waals surface area contributed by atoms with E-state index in [1.807, 2.05) is 19.1 Å². The van der Waals surface area contributed by atoms with Crippen LogP contribution < -0.4 is 20.8 Å². The number of benzene rings is 1. The Morgan fingerprint density at radius 2 is 1.96 bits per heavy atom. The fourth-order valence-corrected chi connectivity index (χ4v) is 2.84. The van der Waals surface area contributed by atoms with Crippen LogP contribution in [0.25, 0.3) is 11.1 Å². The quantitative estimate of drug-likeness (QED) is 0.828. The van der Waals surface area contributed by atoms with Crippen LogP contribution in [0.5, 0.6) is 11.5 Å². The van der Waals surface area contributed by atoms with Gasteiger partial charge in [0.05, 0.1) is 18.2 Å². The van der Waals surface area contributed by atoms with E-state index in [-0.39, 0.29) is 22.5 Å². The summed E-state index contributed by atoms with van der Waals surface area (Å²) in [5.74, 6) is 0.784. The van der Waals surface area contributed by atoms with Gasteiger partial charge in [0.1, 0.15) is 29.1 Å². The SMILES string of the molecule is CCOc1c(Br)cc(-c2c(C#N)c(N)[nH]c(=O)c2C#N)cc1OC. The molecule has 0 aliphatic carbocycles. The summed E-state index contributed by atoms with van der Waals surface area (Å²) in [4.78, 5) is 14.3. The third-order valence-corrected chi connectivity index (χ3v) is 3.86. The van der Waals surface area contributed by atoms with Gasteiger partial charge in [-0.25, -0.2) is 0 Å². The van der Waals surface area contributed by atoms with E-state index in [4.69, 9.17) is 15.2 Å². The number of hydrogen-bond acceptors (Lipinski definition) is 6. The number of rotatable bonds is 4. The second-order valence-electron chi connectivity index (χ2n) is 4.64. The van der Waals surface area contributed by atoms with Crippen LogP contribution in [0.3, 0.4) is 0 Å². The largest absolute Gasteiger partial charge is 0.493 e. The van der Waals surface area contributed by atoms with E-state index in [1.54, 1.807) is 12.1 Å². The van der Waals surface area contributed by atoms with Gasteiger partial charge in [-0.05, 0) is 40.5 Å². The molecule has 122 valence electrons. The maximum Gasteiger partial charge on any atom is 0.268 e. The fourth-order valence-electron chi connectivity index (χ4n) is 2.28. The molecule has 0 fully saturated rings.